The maximum absolute atomic E-state index is 13.7. The van der Waals surface area contributed by atoms with Crippen molar-refractivity contribution < 1.29 is 9.59 Å². The van der Waals surface area contributed by atoms with Crippen LogP contribution in [-0.4, -0.2) is 73.4 Å². The summed E-state index contributed by atoms with van der Waals surface area (Å²) in [4.78, 5) is 25.6. The van der Waals surface area contributed by atoms with Gasteiger partial charge in [-0.3, -0.25) is 4.79 Å². The average molecular weight is 831 g/mol. The third-order valence-corrected chi connectivity index (χ3v) is 9.51. The summed E-state index contributed by atoms with van der Waals surface area (Å²) in [6.07, 6.45) is 7.15. The van der Waals surface area contributed by atoms with Crippen LogP contribution < -0.4 is 56.5 Å². The van der Waals surface area contributed by atoms with Gasteiger partial charge in [0.05, 0.1) is 28.3 Å². The standard InChI is InChI=1S/C24H35N9O2.C13H20N8.C2H6.CH5N/c1-14(30-32-21(25)26)17-7-18(15(2)31-33-22(27)28)9-19(8-17)29-20(35)24-6-4-5-16(11-24)10-23(3,12-24)13-34;1-8(19-18-7-14)10-4-11(6-12(5-10)17-3)9(2)20-21-13(15)16;2*1-2/h7-9,13,16H,4-6,10-12H2,1-3H3,(H,29,35)(H4,25,26,32)(H4,27,28,33);4-7,17H,1-3H3,(H2,14,18)(H4,15,16,21);1-2H3;2H2,1H3/b30-14-,31-15-;19-8-,20-9+;;/t16?,23-,24?;;;/m0.../s1. The predicted octanol–water partition coefficient (Wildman–Crippen LogP) is 2.83. The first-order chi connectivity index (χ1) is 28.4. The Labute approximate surface area is 353 Å². The lowest BCUT2D eigenvalue weighted by Gasteiger charge is -2.49. The highest BCUT2D eigenvalue weighted by Gasteiger charge is 2.52. The molecule has 60 heavy (non-hydrogen) atoms. The first kappa shape index (κ1) is 51.3. The summed E-state index contributed by atoms with van der Waals surface area (Å²) in [5.74, 6) is -0.115. The van der Waals surface area contributed by atoms with E-state index in [-0.39, 0.29) is 23.8 Å². The number of nitrogens with zero attached hydrogens (tertiary/aromatic N) is 8. The molecule has 0 saturated heterocycles. The van der Waals surface area contributed by atoms with Crippen LogP contribution in [0.4, 0.5) is 11.4 Å². The van der Waals surface area contributed by atoms with Gasteiger partial charge in [-0.25, -0.2) is 0 Å². The Hall–Kier alpha value is -6.70. The number of hydrogen-bond acceptors (Lipinski definition) is 12. The molecule has 2 saturated carbocycles. The minimum atomic E-state index is -0.574. The number of rotatable bonds is 12. The lowest BCUT2D eigenvalue weighted by molar-refractivity contribution is -0.138. The van der Waals surface area contributed by atoms with E-state index in [1.807, 2.05) is 65.9 Å². The number of benzene rings is 2. The van der Waals surface area contributed by atoms with Gasteiger partial charge in [0.15, 0.2) is 0 Å². The summed E-state index contributed by atoms with van der Waals surface area (Å²) in [6, 6.07) is 11.2. The van der Waals surface area contributed by atoms with Crippen LogP contribution in [0, 0.1) is 16.7 Å². The van der Waals surface area contributed by atoms with E-state index in [1.54, 1.807) is 26.0 Å². The topological polar surface area (TPSA) is 365 Å². The summed E-state index contributed by atoms with van der Waals surface area (Å²) in [5, 5.41) is 37.0. The number of anilines is 2. The van der Waals surface area contributed by atoms with Crippen molar-refractivity contribution in [3.8, 4) is 0 Å². The molecule has 2 aromatic rings. The molecule has 0 spiro atoms. The number of carbonyl (C=O) groups excluding carboxylic acids is 2. The van der Waals surface area contributed by atoms with Crippen LogP contribution in [0.3, 0.4) is 0 Å². The zero-order chi connectivity index (χ0) is 45.6. The number of guanidine groups is 3. The molecule has 2 aromatic carbocycles. The van der Waals surface area contributed by atoms with Gasteiger partial charge >= 0.3 is 0 Å². The van der Waals surface area contributed by atoms with Gasteiger partial charge in [-0.2, -0.15) is 20.4 Å². The van der Waals surface area contributed by atoms with E-state index in [0.29, 0.717) is 46.3 Å². The number of amides is 1. The maximum Gasteiger partial charge on any atom is 0.230 e. The second-order valence-electron chi connectivity index (χ2n) is 14.3. The van der Waals surface area contributed by atoms with Crippen molar-refractivity contribution in [2.75, 3.05) is 24.7 Å². The van der Waals surface area contributed by atoms with Crippen LogP contribution >= 0.6 is 0 Å². The molecule has 2 aliphatic rings. The van der Waals surface area contributed by atoms with Gasteiger partial charge in [-0.05, 0) is 103 Å². The van der Waals surface area contributed by atoms with Gasteiger partial charge in [0.2, 0.25) is 23.8 Å². The fraction of sp³-hybridized carbons (Fsp3) is 0.450. The molecule has 2 aliphatic carbocycles. The number of carbonyl (C=O) groups is 2. The van der Waals surface area contributed by atoms with Gasteiger partial charge in [-0.1, -0.05) is 33.6 Å². The fourth-order valence-corrected chi connectivity index (χ4v) is 7.02. The molecule has 0 radical (unpaired) electrons. The molecule has 2 bridgehead atoms. The number of aldehydes is 1. The molecule has 20 heteroatoms. The summed E-state index contributed by atoms with van der Waals surface area (Å²) in [7, 11) is 3.33. The Morgan fingerprint density at radius 3 is 1.48 bits per heavy atom. The highest BCUT2D eigenvalue weighted by molar-refractivity contribution is 6.07. The van der Waals surface area contributed by atoms with Gasteiger partial charge in [0.1, 0.15) is 12.6 Å². The Morgan fingerprint density at radius 1 is 0.683 bits per heavy atom. The van der Waals surface area contributed by atoms with Crippen molar-refractivity contribution in [1.29, 1.82) is 0 Å². The molecule has 20 nitrogen and oxygen atoms in total. The van der Waals surface area contributed by atoms with E-state index in [0.717, 1.165) is 67.3 Å². The first-order valence-electron chi connectivity index (χ1n) is 19.5. The van der Waals surface area contributed by atoms with Crippen LogP contribution in [0.1, 0.15) is 109 Å². The summed E-state index contributed by atoms with van der Waals surface area (Å²) in [5.41, 5.74) is 47.9. The third kappa shape index (κ3) is 15.9. The lowest BCUT2D eigenvalue weighted by atomic mass is 9.54. The normalized spacial score (nSPS) is 20.0. The minimum Gasteiger partial charge on any atom is -0.388 e. The van der Waals surface area contributed by atoms with E-state index < -0.39 is 10.8 Å². The van der Waals surface area contributed by atoms with Gasteiger partial charge < -0.3 is 61.3 Å². The largest absolute Gasteiger partial charge is 0.388 e. The highest BCUT2D eigenvalue weighted by Crippen LogP contribution is 2.55. The van der Waals surface area contributed by atoms with Crippen molar-refractivity contribution in [2.24, 2.45) is 103 Å². The van der Waals surface area contributed by atoms with Gasteiger partial charge in [-0.15, -0.1) is 20.4 Å². The van der Waals surface area contributed by atoms with Crippen LogP contribution in [0.25, 0.3) is 0 Å². The summed E-state index contributed by atoms with van der Waals surface area (Å²) in [6.45, 7) is 13.1. The second-order valence-corrected chi connectivity index (χ2v) is 14.3. The molecule has 0 aromatic heterocycles. The van der Waals surface area contributed by atoms with Crippen molar-refractivity contribution in [3.05, 3.63) is 58.7 Å². The molecular formula is C40H66N18O2. The van der Waals surface area contributed by atoms with Crippen molar-refractivity contribution in [2.45, 2.75) is 87.0 Å². The lowest BCUT2D eigenvalue weighted by Crippen LogP contribution is -2.49. The number of hydrogen-bond donors (Lipinski definition) is 10. The number of nitrogens with two attached hydrogens (primary N) is 8. The molecule has 328 valence electrons. The van der Waals surface area contributed by atoms with E-state index in [2.05, 4.69) is 57.2 Å². The van der Waals surface area contributed by atoms with Crippen LogP contribution in [-0.2, 0) is 9.59 Å². The van der Waals surface area contributed by atoms with Gasteiger partial charge in [0.25, 0.3) is 0 Å². The Morgan fingerprint density at radius 2 is 1.10 bits per heavy atom. The maximum atomic E-state index is 13.7. The summed E-state index contributed by atoms with van der Waals surface area (Å²) < 4.78 is 0. The predicted molar refractivity (Wildman–Crippen MR) is 249 cm³/mol. The molecule has 0 aliphatic heterocycles. The van der Waals surface area contributed by atoms with Crippen molar-refractivity contribution in [1.82, 2.24) is 0 Å². The van der Waals surface area contributed by atoms with Crippen molar-refractivity contribution >= 4 is 70.6 Å². The monoisotopic (exact) mass is 831 g/mol. The van der Waals surface area contributed by atoms with Crippen LogP contribution in [0.15, 0.2) is 77.2 Å². The Balaban J connectivity index is 0.000000616. The van der Waals surface area contributed by atoms with E-state index in [4.69, 9.17) is 40.1 Å². The van der Waals surface area contributed by atoms with Crippen molar-refractivity contribution in [3.63, 3.8) is 0 Å². The van der Waals surface area contributed by atoms with E-state index in [1.165, 1.54) is 7.05 Å². The Kier molecular flexibility index (Phi) is 21.3. The average Bonchev–Trinajstić information content (AvgIpc) is 3.23. The van der Waals surface area contributed by atoms with E-state index in [9.17, 15) is 9.59 Å². The molecule has 3 atom stereocenters. The second kappa shape index (κ2) is 24.9. The molecular weight excluding hydrogens is 765 g/mol. The van der Waals surface area contributed by atoms with E-state index >= 15 is 0 Å². The molecule has 4 rings (SSSR count). The smallest absolute Gasteiger partial charge is 0.230 e. The molecule has 2 unspecified atom stereocenters. The third-order valence-electron chi connectivity index (χ3n) is 9.51. The zero-order valence-electron chi connectivity index (χ0n) is 36.5. The summed E-state index contributed by atoms with van der Waals surface area (Å²) >= 11 is 0. The fourth-order valence-electron chi connectivity index (χ4n) is 7.02. The quantitative estimate of drug-likeness (QED) is 0.0641. The Bertz CT molecular complexity index is 1950. The SMILES string of the molecule is C/C(=N/N=C(N)N)c1cc(NC(=O)C23CCCC(C2)C[C@](C)(C=O)C3)cc(/C(C)=N\N=C(N)N)c1.CC.CN.CNc1cc(/C(C)=N\N=C\N)cc(/C(C)=N/N=C(N)N)c1. The van der Waals surface area contributed by atoms with Crippen LogP contribution in [0.2, 0.25) is 0 Å². The minimum absolute atomic E-state index is 0.0734. The molecule has 1 amide bonds. The molecule has 0 heterocycles. The number of fused-ring (bicyclic) bond motifs is 2. The molecule has 18 N–H and O–H groups in total. The number of nitrogens with one attached hydrogen (secondary N) is 2. The highest BCUT2D eigenvalue weighted by atomic mass is 16.2. The molecule has 2 fully saturated rings. The van der Waals surface area contributed by atoms with Crippen LogP contribution in [0.5, 0.6) is 0 Å². The zero-order valence-corrected chi connectivity index (χ0v) is 36.5. The van der Waals surface area contributed by atoms with Gasteiger partial charge in [0, 0.05) is 46.1 Å². The first-order valence-corrected chi connectivity index (χ1v) is 19.5.